The highest BCUT2D eigenvalue weighted by molar-refractivity contribution is 5.98. The number of nitrogens with one attached hydrogen (secondary N) is 1. The molecule has 4 rings (SSSR count). The predicted molar refractivity (Wildman–Crippen MR) is 109 cm³/mol. The van der Waals surface area contributed by atoms with Gasteiger partial charge in [-0.2, -0.15) is 0 Å². The molecule has 2 unspecified atom stereocenters. The minimum Gasteiger partial charge on any atom is -0.393 e. The van der Waals surface area contributed by atoms with Crippen molar-refractivity contribution in [1.29, 1.82) is 0 Å². The average Bonchev–Trinajstić information content (AvgIpc) is 3.38. The fourth-order valence-electron chi connectivity index (χ4n) is 5.55. The number of amides is 2. The summed E-state index contributed by atoms with van der Waals surface area (Å²) < 4.78 is 0. The van der Waals surface area contributed by atoms with Crippen molar-refractivity contribution in [2.75, 3.05) is 12.4 Å². The molecule has 3 saturated carbocycles. The molecule has 0 aliphatic heterocycles. The van der Waals surface area contributed by atoms with Crippen molar-refractivity contribution < 1.29 is 14.7 Å². The number of hydrogen-bond donors (Lipinski definition) is 2. The van der Waals surface area contributed by atoms with E-state index in [2.05, 4.69) is 5.32 Å². The zero-order valence-corrected chi connectivity index (χ0v) is 17.0. The zero-order valence-electron chi connectivity index (χ0n) is 17.0. The van der Waals surface area contributed by atoms with Gasteiger partial charge in [0.15, 0.2) is 0 Å². The second-order valence-corrected chi connectivity index (χ2v) is 9.19. The summed E-state index contributed by atoms with van der Waals surface area (Å²) in [6.07, 6.45) is 7.76. The molecule has 5 nitrogen and oxygen atoms in total. The number of rotatable bonds is 4. The molecule has 28 heavy (non-hydrogen) atoms. The molecule has 0 spiro atoms. The van der Waals surface area contributed by atoms with Gasteiger partial charge in [0.05, 0.1) is 6.10 Å². The van der Waals surface area contributed by atoms with Gasteiger partial charge in [-0.25, -0.2) is 0 Å². The quantitative estimate of drug-likeness (QED) is 0.831. The maximum atomic E-state index is 13.1. The number of aliphatic hydroxyl groups is 1. The summed E-state index contributed by atoms with van der Waals surface area (Å²) in [5, 5.41) is 12.9. The van der Waals surface area contributed by atoms with Crippen LogP contribution in [0.2, 0.25) is 0 Å². The Balaban J connectivity index is 1.43. The van der Waals surface area contributed by atoms with Gasteiger partial charge in [-0.1, -0.05) is 18.9 Å². The monoisotopic (exact) mass is 384 g/mol. The van der Waals surface area contributed by atoms with Gasteiger partial charge in [0.1, 0.15) is 0 Å². The summed E-state index contributed by atoms with van der Waals surface area (Å²) in [5.41, 5.74) is 2.37. The van der Waals surface area contributed by atoms with Crippen LogP contribution in [0.5, 0.6) is 0 Å². The SMILES string of the molecule is Cc1ccc(C(=O)N(C)C2C[C@H]3CC(O)C[C@H]3C2)cc1NC(=O)C1CCCC1. The van der Waals surface area contributed by atoms with E-state index in [1.54, 1.807) is 0 Å². The van der Waals surface area contributed by atoms with Gasteiger partial charge in [0, 0.05) is 30.3 Å². The van der Waals surface area contributed by atoms with Crippen molar-refractivity contribution in [3.63, 3.8) is 0 Å². The number of carbonyl (C=O) groups is 2. The van der Waals surface area contributed by atoms with E-state index in [1.807, 2.05) is 37.1 Å². The molecule has 3 fully saturated rings. The van der Waals surface area contributed by atoms with E-state index in [1.165, 1.54) is 0 Å². The third-order valence-corrected chi connectivity index (χ3v) is 7.30. The first-order chi connectivity index (χ1) is 13.4. The van der Waals surface area contributed by atoms with Gasteiger partial charge < -0.3 is 15.3 Å². The maximum Gasteiger partial charge on any atom is 0.253 e. The van der Waals surface area contributed by atoms with Crippen LogP contribution in [0.3, 0.4) is 0 Å². The highest BCUT2D eigenvalue weighted by Gasteiger charge is 2.43. The molecule has 5 heteroatoms. The average molecular weight is 385 g/mol. The molecule has 2 N–H and O–H groups in total. The van der Waals surface area contributed by atoms with Crippen LogP contribution in [0, 0.1) is 24.7 Å². The lowest BCUT2D eigenvalue weighted by molar-refractivity contribution is -0.119. The molecular formula is C23H32N2O3. The Morgan fingerprint density at radius 2 is 1.71 bits per heavy atom. The topological polar surface area (TPSA) is 69.6 Å². The molecule has 0 radical (unpaired) electrons. The third-order valence-electron chi connectivity index (χ3n) is 7.30. The summed E-state index contributed by atoms with van der Waals surface area (Å²) in [6, 6.07) is 5.86. The van der Waals surface area contributed by atoms with Crippen LogP contribution in [0.4, 0.5) is 5.69 Å². The molecule has 3 aliphatic carbocycles. The van der Waals surface area contributed by atoms with E-state index in [-0.39, 0.29) is 29.9 Å². The Labute approximate surface area is 167 Å². The van der Waals surface area contributed by atoms with Crippen molar-refractivity contribution in [1.82, 2.24) is 4.90 Å². The number of nitrogens with zero attached hydrogens (tertiary/aromatic N) is 1. The van der Waals surface area contributed by atoms with E-state index < -0.39 is 0 Å². The zero-order chi connectivity index (χ0) is 19.8. The van der Waals surface area contributed by atoms with Crippen LogP contribution >= 0.6 is 0 Å². The summed E-state index contributed by atoms with van der Waals surface area (Å²) in [5.74, 6) is 1.31. The molecule has 0 heterocycles. The molecule has 0 bridgehead atoms. The Morgan fingerprint density at radius 3 is 2.36 bits per heavy atom. The number of fused-ring (bicyclic) bond motifs is 1. The fourth-order valence-corrected chi connectivity index (χ4v) is 5.55. The first-order valence-electron chi connectivity index (χ1n) is 10.8. The second-order valence-electron chi connectivity index (χ2n) is 9.19. The van der Waals surface area contributed by atoms with Crippen molar-refractivity contribution >= 4 is 17.5 Å². The Bertz CT molecular complexity index is 742. The number of carbonyl (C=O) groups excluding carboxylic acids is 2. The van der Waals surface area contributed by atoms with Crippen molar-refractivity contribution in [2.24, 2.45) is 17.8 Å². The Hall–Kier alpha value is -1.88. The van der Waals surface area contributed by atoms with Crippen molar-refractivity contribution in [3.05, 3.63) is 29.3 Å². The van der Waals surface area contributed by atoms with Gasteiger partial charge in [0.25, 0.3) is 5.91 Å². The fraction of sp³-hybridized carbons (Fsp3) is 0.652. The smallest absolute Gasteiger partial charge is 0.253 e. The van der Waals surface area contributed by atoms with Crippen molar-refractivity contribution in [3.8, 4) is 0 Å². The lowest BCUT2D eigenvalue weighted by Gasteiger charge is -2.26. The highest BCUT2D eigenvalue weighted by atomic mass is 16.3. The highest BCUT2D eigenvalue weighted by Crippen LogP contribution is 2.45. The molecule has 3 aliphatic rings. The van der Waals surface area contributed by atoms with Gasteiger partial charge in [-0.05, 0) is 75.0 Å². The van der Waals surface area contributed by atoms with E-state index in [4.69, 9.17) is 0 Å². The van der Waals surface area contributed by atoms with E-state index >= 15 is 0 Å². The molecule has 0 aromatic heterocycles. The normalized spacial score (nSPS) is 29.7. The lowest BCUT2D eigenvalue weighted by Crippen LogP contribution is -2.36. The molecule has 1 aromatic carbocycles. The van der Waals surface area contributed by atoms with E-state index in [0.29, 0.717) is 17.4 Å². The number of hydrogen-bond acceptors (Lipinski definition) is 3. The summed E-state index contributed by atoms with van der Waals surface area (Å²) in [6.45, 7) is 1.96. The Morgan fingerprint density at radius 1 is 1.07 bits per heavy atom. The van der Waals surface area contributed by atoms with Gasteiger partial charge in [-0.15, -0.1) is 0 Å². The van der Waals surface area contributed by atoms with Crippen LogP contribution in [0.25, 0.3) is 0 Å². The number of anilines is 1. The standard InChI is InChI=1S/C23H32N2O3/c1-14-7-8-16(13-21(14)24-22(27)15-5-3-4-6-15)23(28)25(2)19-9-17-11-20(26)12-18(17)10-19/h7-8,13,15,17-20,26H,3-6,9-12H2,1-2H3,(H,24,27)/t17-,18+,19?,20?. The van der Waals surface area contributed by atoms with Crippen LogP contribution in [0.1, 0.15) is 67.3 Å². The van der Waals surface area contributed by atoms with Crippen LogP contribution in [0.15, 0.2) is 18.2 Å². The van der Waals surface area contributed by atoms with Crippen LogP contribution < -0.4 is 5.32 Å². The summed E-state index contributed by atoms with van der Waals surface area (Å²) >= 11 is 0. The van der Waals surface area contributed by atoms with Crippen molar-refractivity contribution in [2.45, 2.75) is 70.4 Å². The largest absolute Gasteiger partial charge is 0.393 e. The van der Waals surface area contributed by atoms with Gasteiger partial charge >= 0.3 is 0 Å². The maximum absolute atomic E-state index is 13.1. The van der Waals surface area contributed by atoms with E-state index in [0.717, 1.165) is 62.6 Å². The second kappa shape index (κ2) is 7.86. The van der Waals surface area contributed by atoms with Crippen LogP contribution in [-0.2, 0) is 4.79 Å². The lowest BCUT2D eigenvalue weighted by atomic mass is 10.0. The molecule has 4 atom stereocenters. The third kappa shape index (κ3) is 3.82. The minimum atomic E-state index is -0.153. The molecule has 1 aromatic rings. The minimum absolute atomic E-state index is 0.0156. The predicted octanol–water partition coefficient (Wildman–Crippen LogP) is 3.75. The summed E-state index contributed by atoms with van der Waals surface area (Å²) in [4.78, 5) is 27.5. The van der Waals surface area contributed by atoms with Gasteiger partial charge in [-0.3, -0.25) is 9.59 Å². The molecule has 152 valence electrons. The summed E-state index contributed by atoms with van der Waals surface area (Å²) in [7, 11) is 1.89. The number of benzene rings is 1. The van der Waals surface area contributed by atoms with Crippen LogP contribution in [-0.4, -0.2) is 41.0 Å². The molecule has 2 amide bonds. The first kappa shape index (κ1) is 19.4. The van der Waals surface area contributed by atoms with E-state index in [9.17, 15) is 14.7 Å². The molecule has 0 saturated heterocycles. The number of aliphatic hydroxyl groups excluding tert-OH is 1. The van der Waals surface area contributed by atoms with Gasteiger partial charge in [0.2, 0.25) is 5.91 Å². The number of aryl methyl sites for hydroxylation is 1. The first-order valence-corrected chi connectivity index (χ1v) is 10.8. The Kier molecular flexibility index (Phi) is 5.46. The molecular weight excluding hydrogens is 352 g/mol.